The zero-order chi connectivity index (χ0) is 20.8. The van der Waals surface area contributed by atoms with Crippen LogP contribution in [-0.4, -0.2) is 22.6 Å². The van der Waals surface area contributed by atoms with Gasteiger partial charge in [-0.25, -0.2) is 4.98 Å². The molecule has 3 aromatic rings. The summed E-state index contributed by atoms with van der Waals surface area (Å²) in [5.74, 6) is 0.00174. The lowest BCUT2D eigenvalue weighted by Crippen LogP contribution is -2.15. The Morgan fingerprint density at radius 1 is 1.00 bits per heavy atom. The molecule has 3 rings (SSSR count). The van der Waals surface area contributed by atoms with E-state index in [9.17, 15) is 9.59 Å². The number of hydrogen-bond acceptors (Lipinski definition) is 5. The highest BCUT2D eigenvalue weighted by molar-refractivity contribution is 8.01. The van der Waals surface area contributed by atoms with Gasteiger partial charge in [-0.15, -0.1) is 11.3 Å². The van der Waals surface area contributed by atoms with Gasteiger partial charge < -0.3 is 10.6 Å². The summed E-state index contributed by atoms with van der Waals surface area (Å²) in [7, 11) is 0. The number of nitrogens with zero attached hydrogens (tertiary/aromatic N) is 1. The Morgan fingerprint density at radius 3 is 2.41 bits per heavy atom. The number of halogens is 1. The Balaban J connectivity index is 1.47. The molecule has 0 saturated carbocycles. The van der Waals surface area contributed by atoms with Gasteiger partial charge in [0.15, 0.2) is 4.34 Å². The number of amides is 2. The van der Waals surface area contributed by atoms with Crippen LogP contribution in [0.3, 0.4) is 0 Å². The van der Waals surface area contributed by atoms with Crippen molar-refractivity contribution in [3.05, 3.63) is 69.7 Å². The second-order valence-corrected chi connectivity index (χ2v) is 8.99. The van der Waals surface area contributed by atoms with E-state index < -0.39 is 0 Å². The lowest BCUT2D eigenvalue weighted by Gasteiger charge is -2.07. The summed E-state index contributed by atoms with van der Waals surface area (Å²) >= 11 is 8.60. The van der Waals surface area contributed by atoms with Crippen molar-refractivity contribution in [3.63, 3.8) is 0 Å². The van der Waals surface area contributed by atoms with Crippen LogP contribution in [0, 0.1) is 13.8 Å². The van der Waals surface area contributed by atoms with Crippen molar-refractivity contribution in [1.82, 2.24) is 4.98 Å². The smallest absolute Gasteiger partial charge is 0.234 e. The number of aromatic nitrogens is 1. The van der Waals surface area contributed by atoms with Crippen LogP contribution in [0.1, 0.15) is 16.8 Å². The third-order valence-electron chi connectivity index (χ3n) is 4.12. The quantitative estimate of drug-likeness (QED) is 0.482. The lowest BCUT2D eigenvalue weighted by atomic mass is 10.1. The SMILES string of the molecule is Cc1ccc(NC(=O)Cc2csc(SCC(=O)Nc3ccc(Cl)cc3)n2)cc1C. The number of thiazole rings is 1. The number of carbonyl (C=O) groups excluding carboxylic acids is 2. The molecular weight excluding hydrogens is 426 g/mol. The Labute approximate surface area is 182 Å². The van der Waals surface area contributed by atoms with Crippen LogP contribution in [0.2, 0.25) is 5.02 Å². The van der Waals surface area contributed by atoms with Crippen molar-refractivity contribution in [2.45, 2.75) is 24.6 Å². The van der Waals surface area contributed by atoms with Gasteiger partial charge in [-0.3, -0.25) is 9.59 Å². The number of carbonyl (C=O) groups is 2. The fraction of sp³-hybridized carbons (Fsp3) is 0.190. The fourth-order valence-corrected chi connectivity index (χ4v) is 4.25. The first kappa shape index (κ1) is 21.4. The van der Waals surface area contributed by atoms with Gasteiger partial charge in [-0.2, -0.15) is 0 Å². The number of nitrogens with one attached hydrogen (secondary N) is 2. The van der Waals surface area contributed by atoms with Gasteiger partial charge in [0.2, 0.25) is 11.8 Å². The van der Waals surface area contributed by atoms with Gasteiger partial charge >= 0.3 is 0 Å². The molecule has 0 aliphatic heterocycles. The van der Waals surface area contributed by atoms with E-state index in [1.165, 1.54) is 28.7 Å². The zero-order valence-electron chi connectivity index (χ0n) is 16.0. The summed E-state index contributed by atoms with van der Waals surface area (Å²) in [5.41, 5.74) is 4.48. The predicted octanol–water partition coefficient (Wildman–Crippen LogP) is 5.33. The monoisotopic (exact) mass is 445 g/mol. The molecule has 1 heterocycles. The summed E-state index contributed by atoms with van der Waals surface area (Å²) in [6.07, 6.45) is 0.195. The second-order valence-electron chi connectivity index (χ2n) is 6.47. The van der Waals surface area contributed by atoms with E-state index >= 15 is 0 Å². The van der Waals surface area contributed by atoms with Gasteiger partial charge in [-0.1, -0.05) is 29.4 Å². The Hall–Kier alpha value is -2.35. The molecule has 0 aliphatic rings. The molecule has 5 nitrogen and oxygen atoms in total. The molecule has 0 saturated heterocycles. The van der Waals surface area contributed by atoms with Crippen molar-refractivity contribution in [2.24, 2.45) is 0 Å². The number of thioether (sulfide) groups is 1. The third-order valence-corrected chi connectivity index (χ3v) is 6.44. The second kappa shape index (κ2) is 9.91. The first-order valence-electron chi connectivity index (χ1n) is 8.89. The summed E-state index contributed by atoms with van der Waals surface area (Å²) in [6.45, 7) is 4.04. The number of benzene rings is 2. The molecule has 150 valence electrons. The van der Waals surface area contributed by atoms with Crippen LogP contribution in [0.25, 0.3) is 0 Å². The Morgan fingerprint density at radius 2 is 1.69 bits per heavy atom. The molecule has 0 fully saturated rings. The van der Waals surface area contributed by atoms with Gasteiger partial charge in [-0.05, 0) is 61.4 Å². The topological polar surface area (TPSA) is 71.1 Å². The minimum Gasteiger partial charge on any atom is -0.326 e. The maximum absolute atomic E-state index is 12.3. The van der Waals surface area contributed by atoms with Crippen molar-refractivity contribution in [2.75, 3.05) is 16.4 Å². The van der Waals surface area contributed by atoms with Crippen LogP contribution < -0.4 is 10.6 Å². The minimum absolute atomic E-state index is 0.115. The highest BCUT2D eigenvalue weighted by Crippen LogP contribution is 2.24. The molecule has 0 spiro atoms. The molecule has 1 aromatic heterocycles. The molecule has 2 aromatic carbocycles. The van der Waals surface area contributed by atoms with E-state index in [0.717, 1.165) is 15.6 Å². The molecular formula is C21H20ClN3O2S2. The fourth-order valence-electron chi connectivity index (χ4n) is 2.48. The standard InChI is InChI=1S/C21H20ClN3O2S2/c1-13-3-6-17(9-14(13)2)24-19(26)10-18-11-28-21(25-18)29-12-20(27)23-16-7-4-15(22)5-8-16/h3-9,11H,10,12H2,1-2H3,(H,23,27)(H,24,26). The van der Waals surface area contributed by atoms with E-state index in [0.29, 0.717) is 16.4 Å². The summed E-state index contributed by atoms with van der Waals surface area (Å²) in [5, 5.41) is 8.17. The van der Waals surface area contributed by atoms with E-state index in [1.54, 1.807) is 24.3 Å². The number of hydrogen-bond donors (Lipinski definition) is 2. The Bertz CT molecular complexity index is 1020. The molecule has 2 amide bonds. The van der Waals surface area contributed by atoms with Crippen LogP contribution in [0.4, 0.5) is 11.4 Å². The average molecular weight is 446 g/mol. The first-order chi connectivity index (χ1) is 13.9. The number of rotatable bonds is 7. The van der Waals surface area contributed by atoms with E-state index in [1.807, 2.05) is 37.4 Å². The minimum atomic E-state index is -0.124. The number of anilines is 2. The molecule has 2 N–H and O–H groups in total. The lowest BCUT2D eigenvalue weighted by molar-refractivity contribution is -0.116. The van der Waals surface area contributed by atoms with Crippen molar-refractivity contribution >= 4 is 57.9 Å². The first-order valence-corrected chi connectivity index (χ1v) is 11.1. The maximum atomic E-state index is 12.3. The van der Waals surface area contributed by atoms with Crippen molar-refractivity contribution < 1.29 is 9.59 Å². The molecule has 0 bridgehead atoms. The number of aryl methyl sites for hydroxylation is 2. The van der Waals surface area contributed by atoms with Crippen molar-refractivity contribution in [1.29, 1.82) is 0 Å². The molecule has 0 atom stereocenters. The maximum Gasteiger partial charge on any atom is 0.234 e. The van der Waals surface area contributed by atoms with E-state index in [-0.39, 0.29) is 24.0 Å². The van der Waals surface area contributed by atoms with Gasteiger partial charge in [0.25, 0.3) is 0 Å². The normalized spacial score (nSPS) is 10.6. The largest absolute Gasteiger partial charge is 0.326 e. The highest BCUT2D eigenvalue weighted by Gasteiger charge is 2.11. The predicted molar refractivity (Wildman–Crippen MR) is 121 cm³/mol. The van der Waals surface area contributed by atoms with Gasteiger partial charge in [0.1, 0.15) is 0 Å². The highest BCUT2D eigenvalue weighted by atomic mass is 35.5. The molecule has 0 unspecified atom stereocenters. The van der Waals surface area contributed by atoms with E-state index in [2.05, 4.69) is 15.6 Å². The molecule has 0 radical (unpaired) electrons. The van der Waals surface area contributed by atoms with Crippen LogP contribution in [0.5, 0.6) is 0 Å². The van der Waals surface area contributed by atoms with Crippen LogP contribution >= 0.6 is 34.7 Å². The molecule has 8 heteroatoms. The van der Waals surface area contributed by atoms with Crippen LogP contribution in [0.15, 0.2) is 52.2 Å². The average Bonchev–Trinajstić information content (AvgIpc) is 3.12. The van der Waals surface area contributed by atoms with Gasteiger partial charge in [0, 0.05) is 21.8 Å². The molecule has 0 aliphatic carbocycles. The molecule has 29 heavy (non-hydrogen) atoms. The van der Waals surface area contributed by atoms with Crippen LogP contribution in [-0.2, 0) is 16.0 Å². The third kappa shape index (κ3) is 6.59. The van der Waals surface area contributed by atoms with Crippen molar-refractivity contribution in [3.8, 4) is 0 Å². The summed E-state index contributed by atoms with van der Waals surface area (Å²) in [6, 6.07) is 12.8. The summed E-state index contributed by atoms with van der Waals surface area (Å²) in [4.78, 5) is 28.7. The zero-order valence-corrected chi connectivity index (χ0v) is 18.4. The van der Waals surface area contributed by atoms with Gasteiger partial charge in [0.05, 0.1) is 17.9 Å². The summed E-state index contributed by atoms with van der Waals surface area (Å²) < 4.78 is 0.755. The Kier molecular flexibility index (Phi) is 7.30. The van der Waals surface area contributed by atoms with E-state index in [4.69, 9.17) is 11.6 Å².